The first-order valence-corrected chi connectivity index (χ1v) is 4.93. The molecule has 0 spiro atoms. The minimum Gasteiger partial charge on any atom is -0.326 e. The molecule has 5 nitrogen and oxygen atoms in total. The van der Waals surface area contributed by atoms with Crippen LogP contribution in [-0.4, -0.2) is 15.9 Å². The van der Waals surface area contributed by atoms with E-state index in [1.807, 2.05) is 18.2 Å². The number of aromatic nitrogens is 2. The van der Waals surface area contributed by atoms with Crippen LogP contribution in [0.25, 0.3) is 11.3 Å². The molecule has 1 aliphatic rings. The van der Waals surface area contributed by atoms with Gasteiger partial charge in [0, 0.05) is 11.9 Å². The van der Waals surface area contributed by atoms with Crippen LogP contribution in [0.4, 0.5) is 5.69 Å². The van der Waals surface area contributed by atoms with Gasteiger partial charge >= 0.3 is 5.69 Å². The Labute approximate surface area is 90.5 Å². The van der Waals surface area contributed by atoms with Crippen LogP contribution in [0, 0.1) is 0 Å². The predicted molar refractivity (Wildman–Crippen MR) is 59.2 cm³/mol. The van der Waals surface area contributed by atoms with E-state index in [-0.39, 0.29) is 11.6 Å². The van der Waals surface area contributed by atoms with Gasteiger partial charge < -0.3 is 15.3 Å². The Kier molecular flexibility index (Phi) is 1.73. The van der Waals surface area contributed by atoms with E-state index in [4.69, 9.17) is 0 Å². The van der Waals surface area contributed by atoms with Gasteiger partial charge in [-0.05, 0) is 23.3 Å². The third kappa shape index (κ3) is 1.33. The predicted octanol–water partition coefficient (Wildman–Crippen LogP) is 0.865. The molecule has 0 unspecified atom stereocenters. The lowest BCUT2D eigenvalue weighted by molar-refractivity contribution is -0.115. The van der Waals surface area contributed by atoms with Gasteiger partial charge in [0.2, 0.25) is 5.91 Å². The molecule has 1 aromatic heterocycles. The van der Waals surface area contributed by atoms with Crippen molar-refractivity contribution in [2.45, 2.75) is 6.42 Å². The lowest BCUT2D eigenvalue weighted by Gasteiger charge is -2.01. The fourth-order valence-corrected chi connectivity index (χ4v) is 1.88. The van der Waals surface area contributed by atoms with Crippen LogP contribution in [-0.2, 0) is 11.2 Å². The number of benzene rings is 1. The first-order valence-electron chi connectivity index (χ1n) is 4.93. The molecule has 0 radical (unpaired) electrons. The molecule has 1 amide bonds. The number of imidazole rings is 1. The number of amides is 1. The van der Waals surface area contributed by atoms with Crippen molar-refractivity contribution >= 4 is 11.6 Å². The van der Waals surface area contributed by atoms with Gasteiger partial charge in [-0.2, -0.15) is 0 Å². The second-order valence-corrected chi connectivity index (χ2v) is 3.75. The molecule has 1 aromatic carbocycles. The number of hydrogen-bond acceptors (Lipinski definition) is 2. The summed E-state index contributed by atoms with van der Waals surface area (Å²) in [7, 11) is 0. The summed E-state index contributed by atoms with van der Waals surface area (Å²) in [6.07, 6.45) is 2.02. The zero-order chi connectivity index (χ0) is 11.1. The van der Waals surface area contributed by atoms with Crippen molar-refractivity contribution in [3.8, 4) is 11.3 Å². The minimum atomic E-state index is -0.232. The average Bonchev–Trinajstić information content (AvgIpc) is 2.81. The Hall–Kier alpha value is -2.30. The molecular formula is C11H9N3O2. The molecule has 0 saturated carbocycles. The Balaban J connectivity index is 2.08. The van der Waals surface area contributed by atoms with Crippen LogP contribution in [0.3, 0.4) is 0 Å². The van der Waals surface area contributed by atoms with Gasteiger partial charge in [-0.25, -0.2) is 4.79 Å². The van der Waals surface area contributed by atoms with E-state index in [0.717, 1.165) is 22.5 Å². The Morgan fingerprint density at radius 2 is 2.06 bits per heavy atom. The molecule has 3 N–H and O–H groups in total. The molecule has 1 aliphatic heterocycles. The molecule has 2 heterocycles. The van der Waals surface area contributed by atoms with Gasteiger partial charge in [-0.1, -0.05) is 6.07 Å². The van der Waals surface area contributed by atoms with Gasteiger partial charge in [-0.3, -0.25) is 4.79 Å². The molecule has 2 aromatic rings. The monoisotopic (exact) mass is 215 g/mol. The Bertz CT molecular complexity index is 624. The van der Waals surface area contributed by atoms with E-state index in [1.54, 1.807) is 6.20 Å². The standard InChI is InChI=1S/C11H9N3O2/c15-10-4-7-3-6(1-2-8(7)13-10)9-5-12-11(16)14-9/h1-3,5H,4H2,(H,13,15)(H2,12,14,16). The molecule has 0 atom stereocenters. The summed E-state index contributed by atoms with van der Waals surface area (Å²) < 4.78 is 0. The summed E-state index contributed by atoms with van der Waals surface area (Å²) in [5.74, 6) is 0.00899. The average molecular weight is 215 g/mol. The highest BCUT2D eigenvalue weighted by atomic mass is 16.2. The molecule has 16 heavy (non-hydrogen) atoms. The first-order chi connectivity index (χ1) is 7.72. The second-order valence-electron chi connectivity index (χ2n) is 3.75. The van der Waals surface area contributed by atoms with Crippen molar-refractivity contribution in [1.29, 1.82) is 0 Å². The van der Waals surface area contributed by atoms with E-state index >= 15 is 0 Å². The molecule has 0 aliphatic carbocycles. The Morgan fingerprint density at radius 1 is 1.19 bits per heavy atom. The van der Waals surface area contributed by atoms with Crippen LogP contribution >= 0.6 is 0 Å². The molecular weight excluding hydrogens is 206 g/mol. The number of fused-ring (bicyclic) bond motifs is 1. The lowest BCUT2D eigenvalue weighted by Crippen LogP contribution is -2.03. The summed E-state index contributed by atoms with van der Waals surface area (Å²) in [4.78, 5) is 27.4. The van der Waals surface area contributed by atoms with E-state index in [2.05, 4.69) is 15.3 Å². The largest absolute Gasteiger partial charge is 0.326 e. The van der Waals surface area contributed by atoms with Gasteiger partial charge in [0.1, 0.15) is 0 Å². The van der Waals surface area contributed by atoms with Crippen molar-refractivity contribution < 1.29 is 4.79 Å². The maximum atomic E-state index is 11.2. The summed E-state index contributed by atoms with van der Waals surface area (Å²) in [6.45, 7) is 0. The minimum absolute atomic E-state index is 0.00899. The number of carbonyl (C=O) groups excluding carboxylic acids is 1. The maximum absolute atomic E-state index is 11.2. The molecule has 0 bridgehead atoms. The number of aromatic amines is 2. The lowest BCUT2D eigenvalue weighted by atomic mass is 10.1. The number of rotatable bonds is 1. The summed E-state index contributed by atoms with van der Waals surface area (Å²) in [5.41, 5.74) is 3.21. The van der Waals surface area contributed by atoms with Gasteiger partial charge in [0.15, 0.2) is 0 Å². The molecule has 0 saturated heterocycles. The van der Waals surface area contributed by atoms with Crippen molar-refractivity contribution in [3.63, 3.8) is 0 Å². The first kappa shape index (κ1) is 8.96. The van der Waals surface area contributed by atoms with Gasteiger partial charge in [-0.15, -0.1) is 0 Å². The third-order valence-electron chi connectivity index (χ3n) is 2.64. The van der Waals surface area contributed by atoms with E-state index in [0.29, 0.717) is 6.42 Å². The molecule has 80 valence electrons. The van der Waals surface area contributed by atoms with E-state index in [9.17, 15) is 9.59 Å². The van der Waals surface area contributed by atoms with Crippen LogP contribution in [0.15, 0.2) is 29.2 Å². The zero-order valence-electron chi connectivity index (χ0n) is 8.33. The summed E-state index contributed by atoms with van der Waals surface area (Å²) in [6, 6.07) is 5.62. The number of hydrogen-bond donors (Lipinski definition) is 3. The smallest absolute Gasteiger partial charge is 0.323 e. The van der Waals surface area contributed by atoms with Crippen LogP contribution in [0.5, 0.6) is 0 Å². The topological polar surface area (TPSA) is 77.8 Å². The number of carbonyl (C=O) groups is 1. The quantitative estimate of drug-likeness (QED) is 0.659. The van der Waals surface area contributed by atoms with Crippen molar-refractivity contribution in [2.75, 3.05) is 5.32 Å². The fraction of sp³-hybridized carbons (Fsp3) is 0.0909. The highest BCUT2D eigenvalue weighted by Crippen LogP contribution is 2.27. The molecule has 0 fully saturated rings. The highest BCUT2D eigenvalue weighted by molar-refractivity contribution is 5.99. The van der Waals surface area contributed by atoms with E-state index < -0.39 is 0 Å². The normalized spacial score (nSPS) is 13.6. The SMILES string of the molecule is O=C1Cc2cc(-c3c[nH]c(=O)[nH]3)ccc2N1. The maximum Gasteiger partial charge on any atom is 0.323 e. The number of H-pyrrole nitrogens is 2. The number of nitrogens with one attached hydrogen (secondary N) is 3. The van der Waals surface area contributed by atoms with Crippen molar-refractivity contribution in [1.82, 2.24) is 9.97 Å². The summed E-state index contributed by atoms with van der Waals surface area (Å²) >= 11 is 0. The van der Waals surface area contributed by atoms with Crippen LogP contribution in [0.1, 0.15) is 5.56 Å². The van der Waals surface area contributed by atoms with Gasteiger partial charge in [0.05, 0.1) is 12.1 Å². The zero-order valence-corrected chi connectivity index (χ0v) is 8.33. The van der Waals surface area contributed by atoms with Crippen molar-refractivity contribution in [2.24, 2.45) is 0 Å². The van der Waals surface area contributed by atoms with Crippen LogP contribution in [0.2, 0.25) is 0 Å². The number of anilines is 1. The fourth-order valence-electron chi connectivity index (χ4n) is 1.88. The summed E-state index contributed by atoms with van der Waals surface area (Å²) in [5, 5.41) is 2.76. The Morgan fingerprint density at radius 3 is 2.81 bits per heavy atom. The highest BCUT2D eigenvalue weighted by Gasteiger charge is 2.17. The molecule has 3 rings (SSSR count). The van der Waals surface area contributed by atoms with Gasteiger partial charge in [0.25, 0.3) is 0 Å². The van der Waals surface area contributed by atoms with Crippen molar-refractivity contribution in [3.05, 3.63) is 40.4 Å². The third-order valence-corrected chi connectivity index (χ3v) is 2.64. The molecule has 5 heteroatoms. The van der Waals surface area contributed by atoms with Crippen LogP contribution < -0.4 is 11.0 Å². The second kappa shape index (κ2) is 3.10. The van der Waals surface area contributed by atoms with E-state index in [1.165, 1.54) is 0 Å².